The first-order valence-electron chi connectivity index (χ1n) is 10.8. The number of nitrogens with one attached hydrogen (secondary N) is 1. The number of sulfonamides is 1. The maximum atomic E-state index is 12.9. The Balaban J connectivity index is 1.47. The molecule has 178 valence electrons. The minimum atomic E-state index is -3.65. The smallest absolute Gasteiger partial charge is 0.257 e. The number of hydrogen-bond acceptors (Lipinski definition) is 6. The van der Waals surface area contributed by atoms with Gasteiger partial charge in [0.25, 0.3) is 5.91 Å². The first-order chi connectivity index (χ1) is 16.8. The van der Waals surface area contributed by atoms with Crippen LogP contribution in [0.2, 0.25) is 0 Å². The van der Waals surface area contributed by atoms with Crippen molar-refractivity contribution in [3.05, 3.63) is 69.4 Å². The van der Waals surface area contributed by atoms with Crippen LogP contribution >= 0.6 is 11.3 Å². The van der Waals surface area contributed by atoms with Crippen LogP contribution in [0.5, 0.6) is 0 Å². The topological polar surface area (TPSA) is 128 Å². The molecule has 1 aromatic heterocycles. The number of hydrogen-bond donors (Lipinski definition) is 1. The quantitative estimate of drug-likeness (QED) is 0.209. The van der Waals surface area contributed by atoms with Gasteiger partial charge in [0.1, 0.15) is 0 Å². The molecule has 0 spiro atoms. The summed E-state index contributed by atoms with van der Waals surface area (Å²) in [6.07, 6.45) is 6.72. The lowest BCUT2D eigenvalue weighted by molar-refractivity contribution is 0.102. The van der Waals surface area contributed by atoms with Gasteiger partial charge in [-0.2, -0.15) is 4.31 Å². The molecular weight excluding hydrogens is 484 g/mol. The zero-order valence-electron chi connectivity index (χ0n) is 18.9. The molecular formula is C24H22N6O3S2. The average Bonchev–Trinajstić information content (AvgIpc) is 3.33. The number of anilines is 1. The van der Waals surface area contributed by atoms with Crippen LogP contribution in [0.4, 0.5) is 10.8 Å². The number of amides is 1. The van der Waals surface area contributed by atoms with Crippen molar-refractivity contribution in [1.29, 1.82) is 0 Å². The second-order valence-corrected chi connectivity index (χ2v) is 10.9. The third-order valence-electron chi connectivity index (χ3n) is 5.75. The van der Waals surface area contributed by atoms with E-state index in [1.807, 2.05) is 19.1 Å². The molecule has 0 bridgehead atoms. The van der Waals surface area contributed by atoms with Crippen molar-refractivity contribution in [2.24, 2.45) is 11.0 Å². The number of thiazole rings is 1. The standard InChI is InChI=1S/C24H22N6O3S2/c1-3-17-10-12-30(13-11-17)35(32,33)19-7-5-18(6-8-19)23(31)27-24-26-22(15-34-24)20-14-16(2)4-9-21(20)28-29-25/h1,4-9,14-15,17H,10-13H2,2H3,(H,26,27,31). The molecule has 4 rings (SSSR count). The van der Waals surface area contributed by atoms with Crippen molar-refractivity contribution in [3.63, 3.8) is 0 Å². The number of aromatic nitrogens is 1. The normalized spacial score (nSPS) is 14.6. The van der Waals surface area contributed by atoms with Crippen LogP contribution < -0.4 is 5.32 Å². The summed E-state index contributed by atoms with van der Waals surface area (Å²) in [7, 11) is -3.65. The van der Waals surface area contributed by atoms with E-state index in [1.54, 1.807) is 11.4 Å². The summed E-state index contributed by atoms with van der Waals surface area (Å²) in [6, 6.07) is 11.2. The van der Waals surface area contributed by atoms with E-state index in [0.29, 0.717) is 53.6 Å². The second kappa shape index (κ2) is 10.3. The summed E-state index contributed by atoms with van der Waals surface area (Å²) in [5.41, 5.74) is 11.8. The third kappa shape index (κ3) is 5.37. The van der Waals surface area contributed by atoms with Crippen molar-refractivity contribution in [2.75, 3.05) is 18.4 Å². The Bertz CT molecular complexity index is 1440. The van der Waals surface area contributed by atoms with E-state index in [4.69, 9.17) is 12.0 Å². The Labute approximate surface area is 207 Å². The summed E-state index contributed by atoms with van der Waals surface area (Å²) in [6.45, 7) is 2.68. The van der Waals surface area contributed by atoms with Gasteiger partial charge in [0, 0.05) is 46.1 Å². The van der Waals surface area contributed by atoms with Gasteiger partial charge in [0.05, 0.1) is 10.6 Å². The molecule has 0 saturated carbocycles. The number of carbonyl (C=O) groups excluding carboxylic acids is 1. The summed E-state index contributed by atoms with van der Waals surface area (Å²) in [4.78, 5) is 20.2. The molecule has 0 aliphatic carbocycles. The number of azide groups is 1. The molecule has 1 aliphatic rings. The highest BCUT2D eigenvalue weighted by Crippen LogP contribution is 2.33. The van der Waals surface area contributed by atoms with Crippen molar-refractivity contribution in [3.8, 4) is 23.6 Å². The third-order valence-corrected chi connectivity index (χ3v) is 8.42. The van der Waals surface area contributed by atoms with Crippen LogP contribution in [-0.4, -0.2) is 36.7 Å². The van der Waals surface area contributed by atoms with E-state index in [1.165, 1.54) is 39.9 Å². The second-order valence-electron chi connectivity index (χ2n) is 8.07. The molecule has 1 saturated heterocycles. The van der Waals surface area contributed by atoms with Gasteiger partial charge in [-0.15, -0.1) is 23.7 Å². The van der Waals surface area contributed by atoms with Gasteiger partial charge in [-0.25, -0.2) is 13.4 Å². The number of nitrogens with zero attached hydrogens (tertiary/aromatic N) is 5. The van der Waals surface area contributed by atoms with Crippen LogP contribution in [0.1, 0.15) is 28.8 Å². The lowest BCUT2D eigenvalue weighted by Crippen LogP contribution is -2.38. The molecule has 0 atom stereocenters. The number of benzene rings is 2. The fourth-order valence-corrected chi connectivity index (χ4v) is 5.98. The summed E-state index contributed by atoms with van der Waals surface area (Å²) in [5, 5.41) is 8.57. The molecule has 0 unspecified atom stereocenters. The molecule has 1 amide bonds. The Kier molecular flexibility index (Phi) is 7.19. The van der Waals surface area contributed by atoms with Gasteiger partial charge in [-0.3, -0.25) is 10.1 Å². The molecule has 1 fully saturated rings. The number of aryl methyl sites for hydroxylation is 1. The minimum absolute atomic E-state index is 0.107. The van der Waals surface area contributed by atoms with Crippen LogP contribution in [0.25, 0.3) is 21.7 Å². The Morgan fingerprint density at radius 1 is 1.26 bits per heavy atom. The van der Waals surface area contributed by atoms with E-state index in [2.05, 4.69) is 26.2 Å². The first-order valence-corrected chi connectivity index (χ1v) is 13.1. The molecule has 2 aromatic carbocycles. The minimum Gasteiger partial charge on any atom is -0.298 e. The van der Waals surface area contributed by atoms with Gasteiger partial charge in [0.2, 0.25) is 10.0 Å². The van der Waals surface area contributed by atoms with E-state index >= 15 is 0 Å². The maximum absolute atomic E-state index is 12.9. The Morgan fingerprint density at radius 3 is 2.63 bits per heavy atom. The molecule has 11 heteroatoms. The summed E-state index contributed by atoms with van der Waals surface area (Å²) in [5.74, 6) is 2.38. The zero-order valence-corrected chi connectivity index (χ0v) is 20.5. The van der Waals surface area contributed by atoms with Gasteiger partial charge in [0.15, 0.2) is 5.13 Å². The lowest BCUT2D eigenvalue weighted by Gasteiger charge is -2.28. The molecule has 35 heavy (non-hydrogen) atoms. The molecule has 3 aromatic rings. The fourth-order valence-electron chi connectivity index (χ4n) is 3.80. The first kappa shape index (κ1) is 24.4. The predicted molar refractivity (Wildman–Crippen MR) is 136 cm³/mol. The van der Waals surface area contributed by atoms with Gasteiger partial charge >= 0.3 is 0 Å². The molecule has 1 N–H and O–H groups in total. The van der Waals surface area contributed by atoms with Crippen molar-refractivity contribution >= 4 is 38.1 Å². The summed E-state index contributed by atoms with van der Waals surface area (Å²) >= 11 is 1.23. The number of carbonyl (C=O) groups is 1. The number of terminal acetylenes is 1. The van der Waals surface area contributed by atoms with Crippen LogP contribution in [0.3, 0.4) is 0 Å². The van der Waals surface area contributed by atoms with E-state index in [9.17, 15) is 13.2 Å². The van der Waals surface area contributed by atoms with Crippen LogP contribution in [0, 0.1) is 25.2 Å². The monoisotopic (exact) mass is 506 g/mol. The molecule has 9 nitrogen and oxygen atoms in total. The highest BCUT2D eigenvalue weighted by Gasteiger charge is 2.28. The SMILES string of the molecule is C#CC1CCN(S(=O)(=O)c2ccc(C(=O)Nc3nc(-c4cc(C)ccc4N=[N+]=[N-])cs3)cc2)CC1. The van der Waals surface area contributed by atoms with Crippen molar-refractivity contribution in [2.45, 2.75) is 24.7 Å². The fraction of sp³-hybridized carbons (Fsp3) is 0.250. The van der Waals surface area contributed by atoms with Crippen molar-refractivity contribution < 1.29 is 13.2 Å². The van der Waals surface area contributed by atoms with Crippen LogP contribution in [-0.2, 0) is 10.0 Å². The molecule has 1 aliphatic heterocycles. The highest BCUT2D eigenvalue weighted by atomic mass is 32.2. The largest absolute Gasteiger partial charge is 0.298 e. The van der Waals surface area contributed by atoms with E-state index in [0.717, 1.165) is 5.56 Å². The molecule has 2 heterocycles. The number of rotatable bonds is 6. The van der Waals surface area contributed by atoms with Gasteiger partial charge < -0.3 is 0 Å². The maximum Gasteiger partial charge on any atom is 0.257 e. The van der Waals surface area contributed by atoms with E-state index < -0.39 is 15.9 Å². The highest BCUT2D eigenvalue weighted by molar-refractivity contribution is 7.89. The van der Waals surface area contributed by atoms with Crippen molar-refractivity contribution in [1.82, 2.24) is 9.29 Å². The van der Waals surface area contributed by atoms with Gasteiger partial charge in [-0.1, -0.05) is 22.8 Å². The molecule has 0 radical (unpaired) electrons. The average molecular weight is 507 g/mol. The van der Waals surface area contributed by atoms with Gasteiger partial charge in [-0.05, 0) is 55.6 Å². The Morgan fingerprint density at radius 2 is 1.97 bits per heavy atom. The van der Waals surface area contributed by atoms with Crippen LogP contribution in [0.15, 0.2) is 57.9 Å². The van der Waals surface area contributed by atoms with E-state index in [-0.39, 0.29) is 10.8 Å². The number of piperidine rings is 1. The Hall–Kier alpha value is -3.68. The zero-order chi connectivity index (χ0) is 25.0. The lowest BCUT2D eigenvalue weighted by atomic mass is 10.00. The summed E-state index contributed by atoms with van der Waals surface area (Å²) < 4.78 is 27.3. The predicted octanol–water partition coefficient (Wildman–Crippen LogP) is 5.35.